The maximum atomic E-state index is 13.6. The van der Waals surface area contributed by atoms with Crippen LogP contribution in [0, 0.1) is 0 Å². The predicted octanol–water partition coefficient (Wildman–Crippen LogP) is 4.40. The zero-order valence-corrected chi connectivity index (χ0v) is 21.9. The molecule has 200 valence electrons. The molecule has 1 aliphatic carbocycles. The number of phenols is 1. The predicted molar refractivity (Wildman–Crippen MR) is 142 cm³/mol. The number of hydrogen-bond acceptors (Lipinski definition) is 8. The Kier molecular flexibility index (Phi) is 6.30. The molecule has 0 bridgehead atoms. The van der Waals surface area contributed by atoms with Crippen molar-refractivity contribution in [3.8, 4) is 23.0 Å². The number of nitrogens with one attached hydrogen (secondary N) is 1. The average molecular weight is 530 g/mol. The van der Waals surface area contributed by atoms with E-state index in [1.807, 2.05) is 43.3 Å². The van der Waals surface area contributed by atoms with Crippen LogP contribution in [-0.4, -0.2) is 41.4 Å². The molecule has 1 aliphatic heterocycles. The molecule has 0 unspecified atom stereocenters. The number of aliphatic hydroxyl groups excluding tert-OH is 1. The van der Waals surface area contributed by atoms with E-state index in [0.717, 1.165) is 22.4 Å². The number of Topliss-reactive ketones (excluding diaryl/α,β-unsaturated/α-hetero) is 2. The van der Waals surface area contributed by atoms with Crippen molar-refractivity contribution in [1.29, 1.82) is 0 Å². The lowest BCUT2D eigenvalue weighted by Crippen LogP contribution is -2.38. The first-order valence-corrected chi connectivity index (χ1v) is 12.4. The molecule has 9 nitrogen and oxygen atoms in total. The molecular weight excluding hydrogens is 502 g/mol. The highest BCUT2D eigenvalue weighted by atomic mass is 16.5. The number of aromatic hydroxyl groups is 1. The van der Waals surface area contributed by atoms with E-state index in [1.54, 1.807) is 0 Å². The molecule has 1 amide bonds. The second kappa shape index (κ2) is 9.50. The third-order valence-corrected chi connectivity index (χ3v) is 7.10. The Morgan fingerprint density at radius 2 is 1.87 bits per heavy atom. The number of hydrogen-bond donors (Lipinski definition) is 3. The molecule has 0 aromatic heterocycles. The summed E-state index contributed by atoms with van der Waals surface area (Å²) in [5, 5.41) is 26.1. The van der Waals surface area contributed by atoms with Gasteiger partial charge in [-0.15, -0.1) is 0 Å². The van der Waals surface area contributed by atoms with Crippen molar-refractivity contribution in [1.82, 2.24) is 5.32 Å². The monoisotopic (exact) mass is 529 g/mol. The summed E-state index contributed by atoms with van der Waals surface area (Å²) in [5.74, 6) is -2.24. The van der Waals surface area contributed by atoms with Crippen molar-refractivity contribution < 1.29 is 38.8 Å². The summed E-state index contributed by atoms with van der Waals surface area (Å²) in [6.45, 7) is 5.15. The topological polar surface area (TPSA) is 131 Å². The molecule has 5 rings (SSSR count). The van der Waals surface area contributed by atoms with Gasteiger partial charge < -0.3 is 29.7 Å². The lowest BCUT2D eigenvalue weighted by Gasteiger charge is -2.27. The number of phenolic OH excluding ortho intramolecular Hbond substituents is 1. The van der Waals surface area contributed by atoms with Gasteiger partial charge in [0, 0.05) is 18.7 Å². The van der Waals surface area contributed by atoms with Crippen molar-refractivity contribution in [2.75, 3.05) is 13.7 Å². The second-order valence-electron chi connectivity index (χ2n) is 9.48. The molecule has 3 aromatic carbocycles. The van der Waals surface area contributed by atoms with Crippen LogP contribution in [0.4, 0.5) is 0 Å². The van der Waals surface area contributed by atoms with E-state index in [2.05, 4.69) is 5.32 Å². The molecule has 1 heterocycles. The number of ketones is 2. The van der Waals surface area contributed by atoms with Crippen molar-refractivity contribution in [2.24, 2.45) is 0 Å². The fraction of sp³-hybridized carbons (Fsp3) is 0.233. The molecule has 1 atom stereocenters. The van der Waals surface area contributed by atoms with Gasteiger partial charge in [0.1, 0.15) is 45.3 Å². The van der Waals surface area contributed by atoms with Crippen LogP contribution in [0.25, 0.3) is 10.8 Å². The minimum absolute atomic E-state index is 0.0137. The Labute approximate surface area is 224 Å². The quantitative estimate of drug-likeness (QED) is 0.384. The van der Waals surface area contributed by atoms with Crippen LogP contribution in [0.1, 0.15) is 42.3 Å². The molecule has 3 N–H and O–H groups in total. The second-order valence-corrected chi connectivity index (χ2v) is 9.48. The van der Waals surface area contributed by atoms with Crippen LogP contribution in [0.2, 0.25) is 0 Å². The number of allylic oxidation sites excluding steroid dienone is 3. The van der Waals surface area contributed by atoms with Gasteiger partial charge in [-0.05, 0) is 49.2 Å². The van der Waals surface area contributed by atoms with Crippen molar-refractivity contribution in [3.05, 3.63) is 82.3 Å². The van der Waals surface area contributed by atoms with Crippen molar-refractivity contribution in [2.45, 2.75) is 32.7 Å². The molecule has 2 aliphatic rings. The number of ether oxygens (including phenoxy) is 3. The summed E-state index contributed by atoms with van der Waals surface area (Å²) in [6, 6.07) is 12.8. The minimum Gasteiger partial charge on any atom is -0.507 e. The third-order valence-electron chi connectivity index (χ3n) is 7.10. The fourth-order valence-electron chi connectivity index (χ4n) is 5.24. The highest BCUT2D eigenvalue weighted by Crippen LogP contribution is 2.56. The highest BCUT2D eigenvalue weighted by molar-refractivity contribution is 6.25. The van der Waals surface area contributed by atoms with Crippen LogP contribution in [-0.2, 0) is 21.5 Å². The summed E-state index contributed by atoms with van der Waals surface area (Å²) >= 11 is 0. The Bertz CT molecular complexity index is 1630. The normalized spacial score (nSPS) is 17.7. The van der Waals surface area contributed by atoms with Crippen LogP contribution in [0.3, 0.4) is 0 Å². The van der Waals surface area contributed by atoms with Crippen LogP contribution >= 0.6 is 0 Å². The molecule has 0 saturated carbocycles. The Morgan fingerprint density at radius 3 is 2.56 bits per heavy atom. The maximum absolute atomic E-state index is 13.6. The Morgan fingerprint density at radius 1 is 1.13 bits per heavy atom. The van der Waals surface area contributed by atoms with Gasteiger partial charge in [0.25, 0.3) is 5.91 Å². The van der Waals surface area contributed by atoms with Crippen molar-refractivity contribution >= 4 is 28.2 Å². The molecule has 0 spiro atoms. The SMILES string of the molecule is CCOc1cc(CNC(=O)c2c(OC)cc(O)c3c2OC2=CC(O)=C(C(C)=O)C(=O)[C@]23C)c2ccccc2c1. The van der Waals surface area contributed by atoms with Gasteiger partial charge in [0.2, 0.25) is 0 Å². The lowest BCUT2D eigenvalue weighted by atomic mass is 9.71. The standard InChI is InChI=1S/C30H27NO8/c1-5-38-18-10-16-8-6-7-9-19(16)17(11-18)14-31-29(36)25-22(37-4)12-21(34)26-27(25)39-23-13-20(33)24(15(2)32)28(35)30(23,26)3/h6-13,33-34H,5,14H2,1-4H3,(H,31,36)/t30-/m1/s1. The number of amides is 1. The largest absolute Gasteiger partial charge is 0.507 e. The maximum Gasteiger partial charge on any atom is 0.259 e. The van der Waals surface area contributed by atoms with Crippen LogP contribution in [0.15, 0.2) is 65.6 Å². The molecule has 0 saturated heterocycles. The van der Waals surface area contributed by atoms with Crippen LogP contribution < -0.4 is 19.5 Å². The van der Waals surface area contributed by atoms with Gasteiger partial charge in [0.05, 0.1) is 19.3 Å². The van der Waals surface area contributed by atoms with E-state index >= 15 is 0 Å². The Hall–Kier alpha value is -4.79. The third kappa shape index (κ3) is 3.98. The van der Waals surface area contributed by atoms with E-state index in [1.165, 1.54) is 27.0 Å². The fourth-order valence-corrected chi connectivity index (χ4v) is 5.24. The summed E-state index contributed by atoms with van der Waals surface area (Å²) in [4.78, 5) is 39.2. The molecule has 3 aromatic rings. The molecule has 9 heteroatoms. The number of carbonyl (C=O) groups is 3. The average Bonchev–Trinajstić information content (AvgIpc) is 3.20. The number of aliphatic hydroxyl groups is 1. The first-order chi connectivity index (χ1) is 18.6. The van der Waals surface area contributed by atoms with Gasteiger partial charge >= 0.3 is 0 Å². The number of rotatable bonds is 7. The van der Waals surface area contributed by atoms with E-state index in [9.17, 15) is 24.6 Å². The number of carbonyl (C=O) groups excluding carboxylic acids is 3. The smallest absolute Gasteiger partial charge is 0.259 e. The van der Waals surface area contributed by atoms with Crippen LogP contribution in [0.5, 0.6) is 23.0 Å². The lowest BCUT2D eigenvalue weighted by molar-refractivity contribution is -0.123. The summed E-state index contributed by atoms with van der Waals surface area (Å²) < 4.78 is 17.0. The summed E-state index contributed by atoms with van der Waals surface area (Å²) in [6.07, 6.45) is 1.16. The molecule has 39 heavy (non-hydrogen) atoms. The number of methoxy groups -OCH3 is 1. The molecule has 0 fully saturated rings. The minimum atomic E-state index is -1.63. The highest BCUT2D eigenvalue weighted by Gasteiger charge is 2.55. The van der Waals surface area contributed by atoms with Gasteiger partial charge in [-0.1, -0.05) is 24.3 Å². The molecule has 0 radical (unpaired) electrons. The van der Waals surface area contributed by atoms with Gasteiger partial charge in [-0.3, -0.25) is 14.4 Å². The summed E-state index contributed by atoms with van der Waals surface area (Å²) in [7, 11) is 1.34. The van der Waals surface area contributed by atoms with E-state index in [-0.39, 0.29) is 40.7 Å². The van der Waals surface area contributed by atoms with Gasteiger partial charge in [-0.2, -0.15) is 0 Å². The zero-order chi connectivity index (χ0) is 28.1. The van der Waals surface area contributed by atoms with E-state index in [4.69, 9.17) is 14.2 Å². The van der Waals surface area contributed by atoms with Gasteiger partial charge in [-0.25, -0.2) is 0 Å². The summed E-state index contributed by atoms with van der Waals surface area (Å²) in [5.41, 5.74) is -1.24. The first-order valence-electron chi connectivity index (χ1n) is 12.4. The number of benzene rings is 3. The zero-order valence-electron chi connectivity index (χ0n) is 21.9. The van der Waals surface area contributed by atoms with E-state index in [0.29, 0.717) is 12.4 Å². The number of fused-ring (bicyclic) bond motifs is 4. The first kappa shape index (κ1) is 25.8. The molecular formula is C30H27NO8. The van der Waals surface area contributed by atoms with Crippen molar-refractivity contribution in [3.63, 3.8) is 0 Å². The Balaban J connectivity index is 1.56. The van der Waals surface area contributed by atoms with E-state index < -0.39 is 34.2 Å². The van der Waals surface area contributed by atoms with Gasteiger partial charge in [0.15, 0.2) is 17.3 Å².